The molecule has 0 unspecified atom stereocenters. The molecule has 1 fully saturated rings. The van der Waals surface area contributed by atoms with Crippen molar-refractivity contribution < 1.29 is 32.3 Å². The molecule has 0 spiro atoms. The van der Waals surface area contributed by atoms with Crippen LogP contribution in [0.5, 0.6) is 5.75 Å². The molecule has 0 radical (unpaired) electrons. The Labute approximate surface area is 213 Å². The molecule has 194 valence electrons. The summed E-state index contributed by atoms with van der Waals surface area (Å²) in [5.41, 5.74) is -0.556. The number of morpholine rings is 1. The van der Waals surface area contributed by atoms with Crippen molar-refractivity contribution in [1.82, 2.24) is 9.62 Å². The van der Waals surface area contributed by atoms with Crippen molar-refractivity contribution in [2.75, 3.05) is 39.5 Å². The first-order chi connectivity index (χ1) is 17.1. The highest BCUT2D eigenvalue weighted by atomic mass is 35.5. The van der Waals surface area contributed by atoms with Crippen LogP contribution in [-0.4, -0.2) is 69.2 Å². The van der Waals surface area contributed by atoms with Gasteiger partial charge >= 0.3 is 5.97 Å². The van der Waals surface area contributed by atoms with Crippen LogP contribution in [0, 0.1) is 10.1 Å². The molecule has 1 aromatic rings. The Bertz CT molecular complexity index is 1210. The van der Waals surface area contributed by atoms with Gasteiger partial charge in [0, 0.05) is 30.7 Å². The Morgan fingerprint density at radius 3 is 2.78 bits per heavy atom. The third-order valence-corrected chi connectivity index (χ3v) is 7.40. The first-order valence-electron chi connectivity index (χ1n) is 11.0. The quantitative estimate of drug-likeness (QED) is 0.205. The van der Waals surface area contributed by atoms with Gasteiger partial charge < -0.3 is 19.5 Å². The van der Waals surface area contributed by atoms with Gasteiger partial charge in [-0.3, -0.25) is 10.1 Å². The predicted octanol–water partition coefficient (Wildman–Crippen LogP) is 2.31. The fraction of sp³-hybridized carbons (Fsp3) is 0.348. The van der Waals surface area contributed by atoms with E-state index in [1.807, 2.05) is 18.2 Å². The molecular formula is C23H26ClN3O8S. The van der Waals surface area contributed by atoms with Gasteiger partial charge in [0.25, 0.3) is 5.70 Å². The van der Waals surface area contributed by atoms with E-state index in [1.54, 1.807) is 19.1 Å². The Morgan fingerprint density at radius 1 is 1.39 bits per heavy atom. The first kappa shape index (κ1) is 27.4. The second-order valence-electron chi connectivity index (χ2n) is 7.71. The van der Waals surface area contributed by atoms with E-state index in [4.69, 9.17) is 25.8 Å². The average molecular weight is 540 g/mol. The maximum absolute atomic E-state index is 13.7. The monoisotopic (exact) mass is 539 g/mol. The number of rotatable bonds is 10. The number of benzene rings is 1. The number of carbonyl (C=O) groups is 1. The Hall–Kier alpha value is -3.19. The Morgan fingerprint density at radius 2 is 2.11 bits per heavy atom. The molecule has 0 bridgehead atoms. The number of para-hydroxylation sites is 1. The van der Waals surface area contributed by atoms with Crippen molar-refractivity contribution in [2.24, 2.45) is 0 Å². The summed E-state index contributed by atoms with van der Waals surface area (Å²) in [6.07, 6.45) is 1.69. The molecule has 1 aromatic carbocycles. The van der Waals surface area contributed by atoms with Crippen LogP contribution in [0.3, 0.4) is 0 Å². The number of nitrogens with zero attached hydrogens (tertiary/aromatic N) is 2. The highest BCUT2D eigenvalue weighted by molar-refractivity contribution is 7.93. The lowest BCUT2D eigenvalue weighted by atomic mass is 10.2. The predicted molar refractivity (Wildman–Crippen MR) is 132 cm³/mol. The van der Waals surface area contributed by atoms with Crippen molar-refractivity contribution >= 4 is 27.6 Å². The summed E-state index contributed by atoms with van der Waals surface area (Å²) in [5.74, 6) is -0.220. The summed E-state index contributed by atoms with van der Waals surface area (Å²) < 4.78 is 45.1. The number of hydrogen-bond donors (Lipinski definition) is 1. The molecule has 0 saturated carbocycles. The number of nitrogens with one attached hydrogen (secondary N) is 1. The minimum Gasteiger partial charge on any atom is -0.491 e. The fourth-order valence-corrected chi connectivity index (χ4v) is 5.62. The molecule has 2 aliphatic rings. The molecule has 3 rings (SSSR count). The van der Waals surface area contributed by atoms with Gasteiger partial charge in [-0.15, -0.1) is 0 Å². The third-order valence-electron chi connectivity index (χ3n) is 5.18. The Balaban J connectivity index is 1.89. The van der Waals surface area contributed by atoms with Crippen LogP contribution in [0.4, 0.5) is 0 Å². The van der Waals surface area contributed by atoms with E-state index in [0.717, 1.165) is 6.08 Å². The highest BCUT2D eigenvalue weighted by Gasteiger charge is 2.40. The van der Waals surface area contributed by atoms with Crippen LogP contribution in [-0.2, 0) is 24.3 Å². The van der Waals surface area contributed by atoms with E-state index in [9.17, 15) is 23.3 Å². The van der Waals surface area contributed by atoms with Crippen LogP contribution in [0.25, 0.3) is 0 Å². The number of nitro groups is 1. The van der Waals surface area contributed by atoms with Crippen LogP contribution in [0.1, 0.15) is 6.92 Å². The highest BCUT2D eigenvalue weighted by Crippen LogP contribution is 2.31. The zero-order valence-corrected chi connectivity index (χ0v) is 21.1. The SMILES string of the molecule is C=C(/C=C(Cl)\C=C1/CNC(C(=O)OCC)=C1S(=O)(=O)N1CCO[C@H](COc2ccccc2)C1)[N+](=O)[O-]. The number of halogens is 1. The molecule has 0 aliphatic carbocycles. The normalized spacial score (nSPS) is 20.2. The van der Waals surface area contributed by atoms with Gasteiger partial charge in [0.05, 0.1) is 18.1 Å². The minimum atomic E-state index is -4.23. The van der Waals surface area contributed by atoms with Gasteiger partial charge in [0.15, 0.2) is 0 Å². The van der Waals surface area contributed by atoms with Crippen LogP contribution >= 0.6 is 11.6 Å². The lowest BCUT2D eigenvalue weighted by Gasteiger charge is -2.32. The van der Waals surface area contributed by atoms with E-state index >= 15 is 0 Å². The van der Waals surface area contributed by atoms with Gasteiger partial charge in [-0.05, 0) is 37.3 Å². The number of hydrogen-bond acceptors (Lipinski definition) is 9. The molecule has 0 aromatic heterocycles. The number of carbonyl (C=O) groups excluding carboxylic acids is 1. The van der Waals surface area contributed by atoms with Gasteiger partial charge in [0.1, 0.15) is 29.1 Å². The van der Waals surface area contributed by atoms with Gasteiger partial charge in [-0.1, -0.05) is 29.8 Å². The third kappa shape index (κ3) is 6.72. The zero-order chi connectivity index (χ0) is 26.3. The molecule has 1 atom stereocenters. The van der Waals surface area contributed by atoms with E-state index in [1.165, 1.54) is 10.4 Å². The van der Waals surface area contributed by atoms with E-state index in [2.05, 4.69) is 11.9 Å². The first-order valence-corrected chi connectivity index (χ1v) is 12.8. The molecule has 36 heavy (non-hydrogen) atoms. The Kier molecular flexibility index (Phi) is 9.26. The molecule has 13 heteroatoms. The number of esters is 1. The van der Waals surface area contributed by atoms with Gasteiger partial charge in [-0.2, -0.15) is 4.31 Å². The van der Waals surface area contributed by atoms with Crippen molar-refractivity contribution in [3.63, 3.8) is 0 Å². The van der Waals surface area contributed by atoms with Gasteiger partial charge in [0.2, 0.25) is 10.0 Å². The van der Waals surface area contributed by atoms with Crippen molar-refractivity contribution in [2.45, 2.75) is 13.0 Å². The number of sulfonamides is 1. The van der Waals surface area contributed by atoms with E-state index < -0.39 is 32.7 Å². The topological polar surface area (TPSA) is 137 Å². The van der Waals surface area contributed by atoms with Crippen molar-refractivity contribution in [3.8, 4) is 5.75 Å². The second-order valence-corrected chi connectivity index (χ2v) is 10.0. The minimum absolute atomic E-state index is 0.0102. The molecule has 2 heterocycles. The number of allylic oxidation sites excluding steroid dienone is 3. The van der Waals surface area contributed by atoms with Crippen LogP contribution < -0.4 is 10.1 Å². The largest absolute Gasteiger partial charge is 0.491 e. The molecule has 1 N–H and O–H groups in total. The summed E-state index contributed by atoms with van der Waals surface area (Å²) in [6.45, 7) is 5.16. The lowest BCUT2D eigenvalue weighted by Crippen LogP contribution is -2.48. The molecular weight excluding hydrogens is 514 g/mol. The van der Waals surface area contributed by atoms with Crippen molar-refractivity contribution in [1.29, 1.82) is 0 Å². The van der Waals surface area contributed by atoms with E-state index in [-0.39, 0.29) is 60.7 Å². The molecule has 2 aliphatic heterocycles. The van der Waals surface area contributed by atoms with Crippen LogP contribution in [0.2, 0.25) is 0 Å². The summed E-state index contributed by atoms with van der Waals surface area (Å²) >= 11 is 6.12. The molecule has 1 saturated heterocycles. The summed E-state index contributed by atoms with van der Waals surface area (Å²) in [6, 6.07) is 9.04. The summed E-state index contributed by atoms with van der Waals surface area (Å²) in [4.78, 5) is 22.4. The number of ether oxygens (including phenoxy) is 3. The lowest BCUT2D eigenvalue weighted by molar-refractivity contribution is -0.418. The zero-order valence-electron chi connectivity index (χ0n) is 19.5. The summed E-state index contributed by atoms with van der Waals surface area (Å²) in [5, 5.41) is 13.5. The van der Waals surface area contributed by atoms with Crippen LogP contribution in [0.15, 0.2) is 76.0 Å². The van der Waals surface area contributed by atoms with E-state index in [0.29, 0.717) is 5.75 Å². The fourth-order valence-electron chi connectivity index (χ4n) is 3.55. The molecule has 11 nitrogen and oxygen atoms in total. The molecule has 0 amide bonds. The van der Waals surface area contributed by atoms with Gasteiger partial charge in [-0.25, -0.2) is 13.2 Å². The smallest absolute Gasteiger partial charge is 0.355 e. The average Bonchev–Trinajstić information content (AvgIpc) is 3.28. The summed E-state index contributed by atoms with van der Waals surface area (Å²) in [7, 11) is -4.23. The standard InChI is InChI=1S/C23H26ClN3O8S/c1-3-33-23(28)21-22(17(13-25-21)12-18(24)11-16(2)27(29)30)36(31,32)26-9-10-34-20(14-26)15-35-19-7-5-4-6-8-19/h4-8,11-12,20,25H,2-3,9-10,13-15H2,1H3/b17-12+,18-11+/t20-/m0/s1. The maximum Gasteiger partial charge on any atom is 0.355 e. The second kappa shape index (κ2) is 12.2. The van der Waals surface area contributed by atoms with Crippen molar-refractivity contribution in [3.05, 3.63) is 86.1 Å². The maximum atomic E-state index is 13.7.